The third-order valence-electron chi connectivity index (χ3n) is 3.55. The van der Waals surface area contributed by atoms with Crippen molar-refractivity contribution in [2.75, 3.05) is 33.3 Å². The fraction of sp³-hybridized carbons (Fsp3) is 0.222. The Kier molecular flexibility index (Phi) is 7.14. The lowest BCUT2D eigenvalue weighted by molar-refractivity contribution is -0.384. The van der Waals surface area contributed by atoms with E-state index in [1.54, 1.807) is 18.2 Å². The highest BCUT2D eigenvalue weighted by atomic mass is 16.6. The van der Waals surface area contributed by atoms with Gasteiger partial charge < -0.3 is 24.4 Å². The summed E-state index contributed by atoms with van der Waals surface area (Å²) in [5.41, 5.74) is 0.825. The van der Waals surface area contributed by atoms with Crippen molar-refractivity contribution >= 4 is 23.5 Å². The number of hydrogen-bond donors (Lipinski definition) is 1. The third-order valence-corrected chi connectivity index (χ3v) is 3.55. The van der Waals surface area contributed by atoms with Gasteiger partial charge in [-0.05, 0) is 24.3 Å². The van der Waals surface area contributed by atoms with Crippen LogP contribution >= 0.6 is 0 Å². The van der Waals surface area contributed by atoms with E-state index in [0.29, 0.717) is 17.1 Å². The summed E-state index contributed by atoms with van der Waals surface area (Å²) in [5.74, 6) is 0.777. The maximum Gasteiger partial charge on any atom is 0.273 e. The van der Waals surface area contributed by atoms with Crippen LogP contribution in [0.3, 0.4) is 0 Å². The van der Waals surface area contributed by atoms with Crippen LogP contribution in [0.5, 0.6) is 17.2 Å². The highest BCUT2D eigenvalue weighted by Crippen LogP contribution is 2.29. The van der Waals surface area contributed by atoms with Crippen LogP contribution in [0.25, 0.3) is 0 Å². The summed E-state index contributed by atoms with van der Waals surface area (Å²) in [7, 11) is 4.40. The van der Waals surface area contributed by atoms with Crippen LogP contribution in [-0.4, -0.2) is 45.0 Å². The molecule has 0 spiro atoms. The summed E-state index contributed by atoms with van der Waals surface area (Å²) >= 11 is 0. The molecule has 0 unspecified atom stereocenters. The maximum absolute atomic E-state index is 12.0. The average Bonchev–Trinajstić information content (AvgIpc) is 2.71. The predicted octanol–water partition coefficient (Wildman–Crippen LogP) is 2.61. The highest BCUT2D eigenvalue weighted by molar-refractivity contribution is 5.93. The number of ether oxygens (including phenoxy) is 3. The number of oxime groups is 1. The molecule has 0 heterocycles. The lowest BCUT2D eigenvalue weighted by Crippen LogP contribution is -2.17. The molecular weight excluding hydrogens is 370 g/mol. The number of nitrogens with one attached hydrogen (secondary N) is 1. The predicted molar refractivity (Wildman–Crippen MR) is 101 cm³/mol. The normalized spacial score (nSPS) is 10.4. The summed E-state index contributed by atoms with van der Waals surface area (Å²) in [6, 6.07) is 9.01. The van der Waals surface area contributed by atoms with E-state index >= 15 is 0 Å². The zero-order chi connectivity index (χ0) is 20.5. The quantitative estimate of drug-likeness (QED) is 0.397. The van der Waals surface area contributed by atoms with E-state index in [0.717, 1.165) is 0 Å². The van der Waals surface area contributed by atoms with E-state index in [9.17, 15) is 14.9 Å². The van der Waals surface area contributed by atoms with Crippen molar-refractivity contribution < 1.29 is 28.8 Å². The van der Waals surface area contributed by atoms with Crippen LogP contribution in [0.4, 0.5) is 11.4 Å². The van der Waals surface area contributed by atoms with E-state index in [4.69, 9.17) is 19.0 Å². The molecule has 0 saturated heterocycles. The molecule has 2 aromatic rings. The number of nitrogens with zero attached hydrogens (tertiary/aromatic N) is 2. The fourth-order valence-corrected chi connectivity index (χ4v) is 2.21. The first kappa shape index (κ1) is 20.5. The number of anilines is 1. The monoisotopic (exact) mass is 389 g/mol. The molecule has 1 N–H and O–H groups in total. The van der Waals surface area contributed by atoms with Gasteiger partial charge in [0.15, 0.2) is 18.1 Å². The minimum atomic E-state index is -0.555. The van der Waals surface area contributed by atoms with E-state index in [1.807, 2.05) is 0 Å². The first-order chi connectivity index (χ1) is 13.5. The van der Waals surface area contributed by atoms with Gasteiger partial charge in [-0.3, -0.25) is 14.9 Å². The molecule has 28 heavy (non-hydrogen) atoms. The van der Waals surface area contributed by atoms with Crippen LogP contribution in [0.1, 0.15) is 5.56 Å². The van der Waals surface area contributed by atoms with E-state index in [2.05, 4.69) is 10.5 Å². The van der Waals surface area contributed by atoms with Gasteiger partial charge in [-0.25, -0.2) is 0 Å². The van der Waals surface area contributed by atoms with Crippen LogP contribution in [-0.2, 0) is 9.63 Å². The number of nitro groups is 1. The van der Waals surface area contributed by atoms with Crippen LogP contribution in [0.15, 0.2) is 41.6 Å². The van der Waals surface area contributed by atoms with Gasteiger partial charge in [-0.1, -0.05) is 5.16 Å². The molecule has 1 amide bonds. The van der Waals surface area contributed by atoms with E-state index < -0.39 is 10.8 Å². The molecule has 0 atom stereocenters. The topological polar surface area (TPSA) is 122 Å². The summed E-state index contributed by atoms with van der Waals surface area (Å²) in [6.45, 7) is -0.357. The molecule has 0 saturated carbocycles. The van der Waals surface area contributed by atoms with Crippen molar-refractivity contribution in [1.29, 1.82) is 0 Å². The molecule has 2 aromatic carbocycles. The molecule has 0 fully saturated rings. The van der Waals surface area contributed by atoms with Crippen LogP contribution in [0, 0.1) is 10.1 Å². The molecular formula is C18H19N3O7. The number of rotatable bonds is 9. The van der Waals surface area contributed by atoms with Crippen molar-refractivity contribution in [3.63, 3.8) is 0 Å². The van der Waals surface area contributed by atoms with Gasteiger partial charge >= 0.3 is 0 Å². The van der Waals surface area contributed by atoms with Crippen LogP contribution in [0.2, 0.25) is 0 Å². The van der Waals surface area contributed by atoms with Gasteiger partial charge in [0.25, 0.3) is 11.6 Å². The second kappa shape index (κ2) is 9.76. The van der Waals surface area contributed by atoms with Gasteiger partial charge in [0, 0.05) is 11.6 Å². The first-order valence-electron chi connectivity index (χ1n) is 7.98. The molecule has 0 aromatic heterocycles. The number of carbonyl (C=O) groups is 1. The number of benzene rings is 2. The van der Waals surface area contributed by atoms with Crippen molar-refractivity contribution in [2.45, 2.75) is 0 Å². The molecule has 0 radical (unpaired) electrons. The van der Waals surface area contributed by atoms with Crippen molar-refractivity contribution in [3.8, 4) is 17.2 Å². The Morgan fingerprint density at radius 3 is 2.43 bits per heavy atom. The number of methoxy groups -OCH3 is 3. The molecule has 0 aliphatic heterocycles. The Morgan fingerprint density at radius 2 is 1.79 bits per heavy atom. The Bertz CT molecular complexity index is 883. The number of carbonyl (C=O) groups excluding carboxylic acids is 1. The summed E-state index contributed by atoms with van der Waals surface area (Å²) in [4.78, 5) is 27.2. The fourth-order valence-electron chi connectivity index (χ4n) is 2.21. The molecule has 10 heteroatoms. The molecule has 0 bridgehead atoms. The van der Waals surface area contributed by atoms with Gasteiger partial charge in [0.05, 0.1) is 44.2 Å². The Hall–Kier alpha value is -3.82. The second-order valence-electron chi connectivity index (χ2n) is 5.31. The smallest absolute Gasteiger partial charge is 0.273 e. The molecule has 10 nitrogen and oxygen atoms in total. The lowest BCUT2D eigenvalue weighted by atomic mass is 10.2. The SMILES string of the molecule is COc1cc([N+](=O)[O-])ccc1NC(=O)CO/N=C\c1ccc(OC)c(OC)c1. The van der Waals surface area contributed by atoms with Crippen molar-refractivity contribution in [3.05, 3.63) is 52.1 Å². The molecule has 148 valence electrons. The van der Waals surface area contributed by atoms with Gasteiger partial charge in [0.1, 0.15) is 5.75 Å². The summed E-state index contributed by atoms with van der Waals surface area (Å²) < 4.78 is 15.4. The zero-order valence-corrected chi connectivity index (χ0v) is 15.5. The number of non-ortho nitro benzene ring substituents is 1. The molecule has 0 aliphatic rings. The number of nitro benzene ring substituents is 1. The Balaban J connectivity index is 1.92. The second-order valence-corrected chi connectivity index (χ2v) is 5.31. The van der Waals surface area contributed by atoms with E-state index in [-0.39, 0.29) is 23.7 Å². The average molecular weight is 389 g/mol. The minimum Gasteiger partial charge on any atom is -0.494 e. The minimum absolute atomic E-state index is 0.148. The number of hydrogen-bond acceptors (Lipinski definition) is 8. The lowest BCUT2D eigenvalue weighted by Gasteiger charge is -2.09. The highest BCUT2D eigenvalue weighted by Gasteiger charge is 2.13. The van der Waals surface area contributed by atoms with Crippen molar-refractivity contribution in [2.24, 2.45) is 5.16 Å². The maximum atomic E-state index is 12.0. The Labute approximate surface area is 160 Å². The van der Waals surface area contributed by atoms with Gasteiger partial charge in [-0.15, -0.1) is 0 Å². The number of amides is 1. The van der Waals surface area contributed by atoms with E-state index in [1.165, 1.54) is 45.7 Å². The van der Waals surface area contributed by atoms with Gasteiger partial charge in [0.2, 0.25) is 0 Å². The molecule has 2 rings (SSSR count). The Morgan fingerprint density at radius 1 is 1.07 bits per heavy atom. The van der Waals surface area contributed by atoms with Crippen LogP contribution < -0.4 is 19.5 Å². The first-order valence-corrected chi connectivity index (χ1v) is 7.98. The molecule has 0 aliphatic carbocycles. The standard InChI is InChI=1S/C18H19N3O7/c1-25-15-7-4-12(8-17(15)27-3)10-19-28-11-18(22)20-14-6-5-13(21(23)24)9-16(14)26-2/h4-10H,11H2,1-3H3,(H,20,22)/b19-10-. The zero-order valence-electron chi connectivity index (χ0n) is 15.5. The summed E-state index contributed by atoms with van der Waals surface area (Å²) in [6.07, 6.45) is 1.42. The van der Waals surface area contributed by atoms with Gasteiger partial charge in [-0.2, -0.15) is 0 Å². The third kappa shape index (κ3) is 5.34. The largest absolute Gasteiger partial charge is 0.494 e. The van der Waals surface area contributed by atoms with Crippen molar-refractivity contribution in [1.82, 2.24) is 0 Å². The summed E-state index contributed by atoms with van der Waals surface area (Å²) in [5, 5.41) is 17.1.